The predicted octanol–water partition coefficient (Wildman–Crippen LogP) is -1.36. The van der Waals surface area contributed by atoms with E-state index in [1.807, 2.05) is 11.4 Å². The number of hydrogen-bond donors (Lipinski definition) is 2. The van der Waals surface area contributed by atoms with E-state index in [2.05, 4.69) is 20.9 Å². The molecule has 6 heteroatoms. The van der Waals surface area contributed by atoms with E-state index >= 15 is 0 Å². The van der Waals surface area contributed by atoms with Gasteiger partial charge in [-0.2, -0.15) is 5.12 Å². The molecule has 0 atom stereocenters. The quantitative estimate of drug-likeness (QED) is 0.465. The maximum absolute atomic E-state index is 4.10. The first-order valence-electron chi connectivity index (χ1n) is 4.02. The first-order valence-corrected chi connectivity index (χ1v) is 4.02. The standard InChI is InChI=1S/C6H10N6/c1-2-10-6(3-7-1)4-11-8-5-9-12(10)11/h4-5,7H,1-3H2,(H,8,9). The number of hydrazine groups is 3. The summed E-state index contributed by atoms with van der Waals surface area (Å²) in [5.41, 5.74) is 4.29. The number of rotatable bonds is 0. The highest BCUT2D eigenvalue weighted by molar-refractivity contribution is 5.54. The molecule has 0 saturated carbocycles. The van der Waals surface area contributed by atoms with Gasteiger partial charge in [0, 0.05) is 13.1 Å². The molecule has 3 aliphatic heterocycles. The topological polar surface area (TPSA) is 46.1 Å². The first-order chi connectivity index (χ1) is 5.95. The molecular weight excluding hydrogens is 156 g/mol. The molecule has 0 spiro atoms. The van der Waals surface area contributed by atoms with E-state index < -0.39 is 0 Å². The van der Waals surface area contributed by atoms with Crippen LogP contribution >= 0.6 is 0 Å². The summed E-state index contributed by atoms with van der Waals surface area (Å²) < 4.78 is 0. The molecule has 0 unspecified atom stereocenters. The van der Waals surface area contributed by atoms with E-state index in [9.17, 15) is 0 Å². The third-order valence-corrected chi connectivity index (χ3v) is 2.17. The third-order valence-electron chi connectivity index (χ3n) is 2.17. The van der Waals surface area contributed by atoms with E-state index in [1.165, 1.54) is 5.70 Å². The van der Waals surface area contributed by atoms with E-state index in [1.54, 1.807) is 11.5 Å². The fourth-order valence-electron chi connectivity index (χ4n) is 1.61. The van der Waals surface area contributed by atoms with Crippen molar-refractivity contribution in [1.82, 2.24) is 26.1 Å². The van der Waals surface area contributed by atoms with Crippen molar-refractivity contribution in [2.75, 3.05) is 19.6 Å². The third kappa shape index (κ3) is 0.678. The zero-order chi connectivity index (χ0) is 7.97. The van der Waals surface area contributed by atoms with Crippen LogP contribution < -0.4 is 10.7 Å². The Hall–Kier alpha value is -1.27. The minimum Gasteiger partial charge on any atom is -0.309 e. The average Bonchev–Trinajstić information content (AvgIpc) is 2.62. The van der Waals surface area contributed by atoms with Gasteiger partial charge in [0.15, 0.2) is 0 Å². The molecule has 3 aliphatic rings. The molecule has 1 saturated heterocycles. The molecule has 0 bridgehead atoms. The molecule has 2 N–H and O–H groups in total. The lowest BCUT2D eigenvalue weighted by Crippen LogP contribution is -2.53. The molecular formula is C6H10N6. The van der Waals surface area contributed by atoms with Crippen LogP contribution in [0.15, 0.2) is 17.0 Å². The lowest BCUT2D eigenvalue weighted by Gasteiger charge is -2.32. The Morgan fingerprint density at radius 3 is 3.50 bits per heavy atom. The number of piperazine rings is 1. The van der Waals surface area contributed by atoms with Crippen LogP contribution in [0.3, 0.4) is 0 Å². The predicted molar refractivity (Wildman–Crippen MR) is 43.0 cm³/mol. The zero-order valence-corrected chi connectivity index (χ0v) is 6.56. The Balaban J connectivity index is 1.91. The van der Waals surface area contributed by atoms with E-state index in [-0.39, 0.29) is 0 Å². The van der Waals surface area contributed by atoms with Gasteiger partial charge in [0.05, 0.1) is 18.4 Å². The van der Waals surface area contributed by atoms with Gasteiger partial charge in [-0.05, 0) is 5.23 Å². The lowest BCUT2D eigenvalue weighted by molar-refractivity contribution is -0.127. The summed E-state index contributed by atoms with van der Waals surface area (Å²) in [4.78, 5) is 0. The smallest absolute Gasteiger partial charge is 0.128 e. The monoisotopic (exact) mass is 166 g/mol. The highest BCUT2D eigenvalue weighted by Gasteiger charge is 2.33. The number of nitrogens with zero attached hydrogens (tertiary/aromatic N) is 4. The van der Waals surface area contributed by atoms with Gasteiger partial charge in [-0.25, -0.2) is 0 Å². The van der Waals surface area contributed by atoms with Gasteiger partial charge >= 0.3 is 0 Å². The Labute approximate surface area is 70.0 Å². The Kier molecular flexibility index (Phi) is 1.10. The van der Waals surface area contributed by atoms with Gasteiger partial charge in [0.2, 0.25) is 0 Å². The van der Waals surface area contributed by atoms with Gasteiger partial charge < -0.3 is 5.32 Å². The molecule has 64 valence electrons. The van der Waals surface area contributed by atoms with Crippen molar-refractivity contribution in [2.45, 2.75) is 0 Å². The number of nitrogens with one attached hydrogen (secondary N) is 2. The van der Waals surface area contributed by atoms with Crippen LogP contribution in [0, 0.1) is 0 Å². The summed E-state index contributed by atoms with van der Waals surface area (Å²) in [6.45, 7) is 2.92. The normalized spacial score (nSPS) is 26.8. The number of hydrogen-bond acceptors (Lipinski definition) is 6. The molecule has 0 aromatic rings. The largest absolute Gasteiger partial charge is 0.309 e. The van der Waals surface area contributed by atoms with Crippen LogP contribution in [-0.4, -0.2) is 41.3 Å². The fraction of sp³-hybridized carbons (Fsp3) is 0.500. The summed E-state index contributed by atoms with van der Waals surface area (Å²) >= 11 is 0. The SMILES string of the molecule is C1=NN2C=C3CNCCN3N2N1. The van der Waals surface area contributed by atoms with Crippen LogP contribution in [0.2, 0.25) is 0 Å². The number of hydrazone groups is 1. The Morgan fingerprint density at radius 2 is 2.50 bits per heavy atom. The van der Waals surface area contributed by atoms with E-state index in [0.717, 1.165) is 19.6 Å². The summed E-state index contributed by atoms with van der Waals surface area (Å²) in [6.07, 6.45) is 3.69. The van der Waals surface area contributed by atoms with E-state index in [4.69, 9.17) is 0 Å². The maximum atomic E-state index is 4.10. The Bertz CT molecular complexity index is 259. The second-order valence-corrected chi connectivity index (χ2v) is 2.90. The van der Waals surface area contributed by atoms with Crippen molar-refractivity contribution in [2.24, 2.45) is 5.10 Å². The minimum absolute atomic E-state index is 0.921. The van der Waals surface area contributed by atoms with Gasteiger partial charge in [-0.1, -0.05) is 0 Å². The van der Waals surface area contributed by atoms with Crippen molar-refractivity contribution in [3.8, 4) is 0 Å². The molecule has 3 rings (SSSR count). The van der Waals surface area contributed by atoms with Crippen LogP contribution in [0.25, 0.3) is 0 Å². The van der Waals surface area contributed by atoms with Crippen molar-refractivity contribution in [3.05, 3.63) is 11.9 Å². The fourth-order valence-corrected chi connectivity index (χ4v) is 1.61. The van der Waals surface area contributed by atoms with Gasteiger partial charge in [-0.15, -0.1) is 5.10 Å². The molecule has 0 radical (unpaired) electrons. The van der Waals surface area contributed by atoms with Gasteiger partial charge in [0.1, 0.15) is 6.34 Å². The molecule has 0 aromatic heterocycles. The van der Waals surface area contributed by atoms with Crippen LogP contribution in [0.4, 0.5) is 0 Å². The highest BCUT2D eigenvalue weighted by Crippen LogP contribution is 2.21. The molecule has 0 aromatic carbocycles. The van der Waals surface area contributed by atoms with Gasteiger partial charge in [0.25, 0.3) is 0 Å². The average molecular weight is 166 g/mol. The zero-order valence-electron chi connectivity index (χ0n) is 6.56. The maximum Gasteiger partial charge on any atom is 0.128 e. The van der Waals surface area contributed by atoms with Crippen molar-refractivity contribution >= 4 is 6.34 Å². The second-order valence-electron chi connectivity index (χ2n) is 2.90. The molecule has 3 heterocycles. The minimum atomic E-state index is 0.921. The van der Waals surface area contributed by atoms with Crippen molar-refractivity contribution < 1.29 is 0 Å². The van der Waals surface area contributed by atoms with E-state index in [0.29, 0.717) is 0 Å². The summed E-state index contributed by atoms with van der Waals surface area (Å²) in [7, 11) is 0. The van der Waals surface area contributed by atoms with Crippen molar-refractivity contribution in [3.63, 3.8) is 0 Å². The van der Waals surface area contributed by atoms with Crippen LogP contribution in [0.1, 0.15) is 0 Å². The summed E-state index contributed by atoms with van der Waals surface area (Å²) in [6, 6.07) is 0. The summed E-state index contributed by atoms with van der Waals surface area (Å²) in [5, 5.41) is 13.3. The Morgan fingerprint density at radius 1 is 1.50 bits per heavy atom. The molecule has 0 aliphatic carbocycles. The highest BCUT2D eigenvalue weighted by atomic mass is 16.1. The molecule has 1 fully saturated rings. The molecule has 12 heavy (non-hydrogen) atoms. The second kappa shape index (κ2) is 2.11. The van der Waals surface area contributed by atoms with Gasteiger partial charge in [-0.3, -0.25) is 10.4 Å². The lowest BCUT2D eigenvalue weighted by atomic mass is 10.3. The van der Waals surface area contributed by atoms with Crippen LogP contribution in [-0.2, 0) is 0 Å². The number of fused-ring (bicyclic) bond motifs is 3. The van der Waals surface area contributed by atoms with Crippen molar-refractivity contribution in [1.29, 1.82) is 0 Å². The van der Waals surface area contributed by atoms with Crippen LogP contribution in [0.5, 0.6) is 0 Å². The summed E-state index contributed by atoms with van der Waals surface area (Å²) in [5.74, 6) is 0. The molecule has 0 amide bonds. The molecule has 6 nitrogen and oxygen atoms in total. The first kappa shape index (κ1) is 6.27.